The minimum Gasteiger partial charge on any atom is -0.367 e. The lowest BCUT2D eigenvalue weighted by atomic mass is 9.84. The Bertz CT molecular complexity index is 558. The first-order valence-corrected chi connectivity index (χ1v) is 6.05. The summed E-state index contributed by atoms with van der Waals surface area (Å²) < 4.78 is 78.7. The number of Topliss-reactive ketones (excluding diaryl/α,β-unsaturated/α-hetero) is 1. The van der Waals surface area contributed by atoms with Crippen molar-refractivity contribution in [3.63, 3.8) is 0 Å². The number of aromatic nitrogens is 2. The van der Waals surface area contributed by atoms with E-state index in [4.69, 9.17) is 0 Å². The molecule has 2 N–H and O–H groups in total. The van der Waals surface area contributed by atoms with Crippen LogP contribution in [-0.4, -0.2) is 28.1 Å². The van der Waals surface area contributed by atoms with Crippen molar-refractivity contribution >= 4 is 5.78 Å². The van der Waals surface area contributed by atoms with Crippen molar-refractivity contribution in [3.8, 4) is 0 Å². The third-order valence-electron chi connectivity index (χ3n) is 3.13. The molecule has 0 spiro atoms. The van der Waals surface area contributed by atoms with Crippen LogP contribution in [0.3, 0.4) is 0 Å². The van der Waals surface area contributed by atoms with Crippen LogP contribution in [0.25, 0.3) is 0 Å². The molecule has 2 heterocycles. The fraction of sp³-hybridized carbons (Fsp3) is 0.308. The van der Waals surface area contributed by atoms with Gasteiger partial charge in [-0.3, -0.25) is 4.79 Å². The molecule has 0 bridgehead atoms. The van der Waals surface area contributed by atoms with E-state index in [0.29, 0.717) is 0 Å². The van der Waals surface area contributed by atoms with Crippen molar-refractivity contribution in [3.05, 3.63) is 48.0 Å². The summed E-state index contributed by atoms with van der Waals surface area (Å²) in [4.78, 5) is 16.7. The van der Waals surface area contributed by atoms with Crippen molar-refractivity contribution in [1.82, 2.24) is 9.97 Å². The third kappa shape index (κ3) is 3.18. The van der Waals surface area contributed by atoms with Gasteiger partial charge in [0.05, 0.1) is 0 Å². The van der Waals surface area contributed by atoms with Gasteiger partial charge in [-0.2, -0.15) is 26.3 Å². The normalized spacial score (nSPS) is 15.5. The Kier molecular flexibility index (Phi) is 4.08. The van der Waals surface area contributed by atoms with Gasteiger partial charge in [-0.15, -0.1) is 0 Å². The quantitative estimate of drug-likeness (QED) is 0.823. The molecular weight excluding hydrogens is 314 g/mol. The van der Waals surface area contributed by atoms with Gasteiger partial charge in [0.2, 0.25) is 0 Å². The Balaban J connectivity index is 2.48. The Labute approximate surface area is 120 Å². The highest BCUT2D eigenvalue weighted by atomic mass is 19.4. The first-order valence-electron chi connectivity index (χ1n) is 6.05. The molecule has 2 aromatic rings. The van der Waals surface area contributed by atoms with Crippen LogP contribution < -0.4 is 0 Å². The Morgan fingerprint density at radius 1 is 0.818 bits per heavy atom. The maximum atomic E-state index is 13.1. The molecule has 0 radical (unpaired) electrons. The molecule has 22 heavy (non-hydrogen) atoms. The molecule has 3 nitrogen and oxygen atoms in total. The molecule has 0 saturated heterocycles. The number of H-pyrrole nitrogens is 2. The van der Waals surface area contributed by atoms with E-state index >= 15 is 0 Å². The predicted octanol–water partition coefficient (Wildman–Crippen LogP) is 3.90. The predicted molar refractivity (Wildman–Crippen MR) is 64.2 cm³/mol. The maximum Gasteiger partial charge on any atom is 0.402 e. The molecule has 0 aliphatic heterocycles. The largest absolute Gasteiger partial charge is 0.402 e. The lowest BCUT2D eigenvalue weighted by molar-refractivity contribution is -0.183. The van der Waals surface area contributed by atoms with Gasteiger partial charge in [-0.25, -0.2) is 0 Å². The van der Waals surface area contributed by atoms with E-state index in [1.165, 1.54) is 0 Å². The van der Waals surface area contributed by atoms with Crippen LogP contribution >= 0.6 is 0 Å². The fourth-order valence-electron chi connectivity index (χ4n) is 2.23. The van der Waals surface area contributed by atoms with Crippen molar-refractivity contribution < 1.29 is 31.1 Å². The summed E-state index contributed by atoms with van der Waals surface area (Å²) in [6, 6.07) is 1.86. The first kappa shape index (κ1) is 16.2. The molecule has 2 aromatic heterocycles. The van der Waals surface area contributed by atoms with E-state index in [-0.39, 0.29) is 0 Å². The number of carbonyl (C=O) groups is 1. The summed E-state index contributed by atoms with van der Waals surface area (Å²) in [6.45, 7) is 0. The molecule has 120 valence electrons. The molecule has 9 heteroatoms. The van der Waals surface area contributed by atoms with Crippen LogP contribution in [0.2, 0.25) is 0 Å². The Morgan fingerprint density at radius 2 is 1.18 bits per heavy atom. The van der Waals surface area contributed by atoms with Gasteiger partial charge in [0.1, 0.15) is 11.8 Å². The van der Waals surface area contributed by atoms with Crippen molar-refractivity contribution in [2.75, 3.05) is 0 Å². The average Bonchev–Trinajstić information content (AvgIpc) is 2.98. The summed E-state index contributed by atoms with van der Waals surface area (Å²) in [5.74, 6) is -7.65. The third-order valence-corrected chi connectivity index (χ3v) is 3.13. The number of hydrogen-bond donors (Lipinski definition) is 2. The van der Waals surface area contributed by atoms with E-state index < -0.39 is 41.1 Å². The van der Waals surface area contributed by atoms with Crippen LogP contribution in [0, 0.1) is 0 Å². The van der Waals surface area contributed by atoms with Gasteiger partial charge in [0, 0.05) is 24.8 Å². The summed E-state index contributed by atoms with van der Waals surface area (Å²) in [5.41, 5.74) is -1.11. The Hall–Kier alpha value is -2.19. The van der Waals surface area contributed by atoms with Crippen LogP contribution in [-0.2, 0) is 4.79 Å². The lowest BCUT2D eigenvalue weighted by Gasteiger charge is -2.25. The topological polar surface area (TPSA) is 48.6 Å². The smallest absolute Gasteiger partial charge is 0.367 e. The second kappa shape index (κ2) is 5.54. The fourth-order valence-corrected chi connectivity index (χ4v) is 2.23. The molecule has 0 fully saturated rings. The average molecular weight is 324 g/mol. The Morgan fingerprint density at radius 3 is 1.41 bits per heavy atom. The second-order valence-corrected chi connectivity index (χ2v) is 4.64. The maximum absolute atomic E-state index is 13.1. The van der Waals surface area contributed by atoms with Gasteiger partial charge >= 0.3 is 12.4 Å². The minimum atomic E-state index is -5.13. The summed E-state index contributed by atoms with van der Waals surface area (Å²) in [6.07, 6.45) is -6.31. The van der Waals surface area contributed by atoms with Crippen LogP contribution in [0.4, 0.5) is 26.3 Å². The molecule has 2 atom stereocenters. The zero-order chi connectivity index (χ0) is 16.5. The first-order chi connectivity index (χ1) is 10.1. The highest BCUT2D eigenvalue weighted by Gasteiger charge is 2.55. The number of nitrogens with one attached hydrogen (secondary N) is 2. The minimum absolute atomic E-state index is 0.553. The number of ketones is 1. The summed E-state index contributed by atoms with van der Waals surface area (Å²) in [5, 5.41) is 0. The van der Waals surface area contributed by atoms with Crippen molar-refractivity contribution in [1.29, 1.82) is 0 Å². The molecule has 2 unspecified atom stereocenters. The van der Waals surface area contributed by atoms with Crippen molar-refractivity contribution in [2.45, 2.75) is 24.2 Å². The van der Waals surface area contributed by atoms with E-state index in [1.807, 2.05) is 0 Å². The van der Waals surface area contributed by atoms with E-state index in [2.05, 4.69) is 9.97 Å². The molecular formula is C13H10F6N2O. The lowest BCUT2D eigenvalue weighted by Crippen LogP contribution is -2.37. The number of aromatic amines is 2. The summed E-state index contributed by atoms with van der Waals surface area (Å²) >= 11 is 0. The number of carbonyl (C=O) groups excluding carboxylic acids is 1. The summed E-state index contributed by atoms with van der Waals surface area (Å²) in [7, 11) is 0. The van der Waals surface area contributed by atoms with Gasteiger partial charge in [-0.05, 0) is 23.3 Å². The molecule has 2 rings (SSSR count). The standard InChI is InChI=1S/C13H10F6N2O/c14-12(15,16)9(7-1-3-20-5-7)11(22)10(13(17,18)19)8-2-4-21-6-8/h1-6,9-10,20-21H. The number of hydrogen-bond acceptors (Lipinski definition) is 1. The van der Waals surface area contributed by atoms with E-state index in [1.54, 1.807) is 0 Å². The SMILES string of the molecule is O=C(C(c1cc[nH]c1)C(F)(F)F)C(c1cc[nH]c1)C(F)(F)F. The highest BCUT2D eigenvalue weighted by Crippen LogP contribution is 2.44. The second-order valence-electron chi connectivity index (χ2n) is 4.64. The van der Waals surface area contributed by atoms with Crippen LogP contribution in [0.5, 0.6) is 0 Å². The van der Waals surface area contributed by atoms with Crippen molar-refractivity contribution in [2.24, 2.45) is 0 Å². The van der Waals surface area contributed by atoms with Crippen LogP contribution in [0.1, 0.15) is 23.0 Å². The number of alkyl halides is 6. The monoisotopic (exact) mass is 324 g/mol. The van der Waals surface area contributed by atoms with Gasteiger partial charge < -0.3 is 9.97 Å². The molecule has 0 amide bonds. The molecule has 0 aliphatic carbocycles. The molecule has 0 aromatic carbocycles. The van der Waals surface area contributed by atoms with E-state index in [0.717, 1.165) is 36.9 Å². The molecule has 0 saturated carbocycles. The zero-order valence-electron chi connectivity index (χ0n) is 10.8. The number of rotatable bonds is 4. The van der Waals surface area contributed by atoms with Gasteiger partial charge in [0.15, 0.2) is 5.78 Å². The highest BCUT2D eigenvalue weighted by molar-refractivity contribution is 5.93. The molecule has 0 aliphatic rings. The van der Waals surface area contributed by atoms with Gasteiger partial charge in [0.25, 0.3) is 0 Å². The van der Waals surface area contributed by atoms with Crippen LogP contribution in [0.15, 0.2) is 36.9 Å². The zero-order valence-corrected chi connectivity index (χ0v) is 10.8. The van der Waals surface area contributed by atoms with E-state index in [9.17, 15) is 31.1 Å². The number of halogens is 6. The van der Waals surface area contributed by atoms with Gasteiger partial charge in [-0.1, -0.05) is 0 Å².